The van der Waals surface area contributed by atoms with Crippen molar-refractivity contribution in [3.05, 3.63) is 33.8 Å². The molecular weight excluding hydrogens is 360 g/mol. The van der Waals surface area contributed by atoms with Crippen LogP contribution in [-0.4, -0.2) is 37.7 Å². The fraction of sp³-hybridized carbons (Fsp3) is 0. The van der Waals surface area contributed by atoms with E-state index in [1.54, 1.807) is 0 Å². The number of rotatable bonds is 9. The molecule has 24 heavy (non-hydrogen) atoms. The molecule has 0 saturated carbocycles. The molecule has 0 aromatic carbocycles. The predicted molar refractivity (Wildman–Crippen MR) is 81.5 cm³/mol. The minimum Gasteiger partial charge on any atom is -0.445 e. The largest absolute Gasteiger partial charge is 0.445 e. The van der Waals surface area contributed by atoms with E-state index in [9.17, 15) is 28.8 Å². The lowest BCUT2D eigenvalue weighted by atomic mass is 10.2. The summed E-state index contributed by atoms with van der Waals surface area (Å²) in [5, 5.41) is -0.125. The van der Waals surface area contributed by atoms with Crippen LogP contribution in [0, 0.1) is 0 Å². The molecule has 0 bridgehead atoms. The van der Waals surface area contributed by atoms with Crippen LogP contribution in [0.2, 0.25) is 0 Å². The van der Waals surface area contributed by atoms with Gasteiger partial charge in [-0.25, -0.2) is 0 Å². The first kappa shape index (κ1) is 17.6. The SMILES string of the molecule is O=Cc1oc(SSc2oc(C=O)c(C=O)c2C=O)c(C=O)c1C=O. The summed E-state index contributed by atoms with van der Waals surface area (Å²) in [4.78, 5) is 65.8. The molecule has 0 N–H and O–H groups in total. The molecule has 122 valence electrons. The standard InChI is InChI=1S/C14H6O8S2/c15-1-7-9(3-17)13(21-11(7)5-19)23-24-14-10(4-18)8(2-16)12(6-20)22-14/h1-6H. The van der Waals surface area contributed by atoms with Crippen LogP contribution >= 0.6 is 21.6 Å². The number of hydrogen-bond acceptors (Lipinski definition) is 10. The van der Waals surface area contributed by atoms with Crippen molar-refractivity contribution in [1.29, 1.82) is 0 Å². The first-order chi connectivity index (χ1) is 11.6. The van der Waals surface area contributed by atoms with Crippen LogP contribution in [0.4, 0.5) is 0 Å². The van der Waals surface area contributed by atoms with Gasteiger partial charge in [-0.1, -0.05) is 0 Å². The summed E-state index contributed by atoms with van der Waals surface area (Å²) in [6, 6.07) is 0. The van der Waals surface area contributed by atoms with Crippen molar-refractivity contribution in [1.82, 2.24) is 0 Å². The minimum atomic E-state index is -0.313. The van der Waals surface area contributed by atoms with Crippen LogP contribution in [0.3, 0.4) is 0 Å². The van der Waals surface area contributed by atoms with Gasteiger partial charge in [0.05, 0.1) is 22.3 Å². The second-order valence-corrected chi connectivity index (χ2v) is 6.11. The number of furan rings is 2. The summed E-state index contributed by atoms with van der Waals surface area (Å²) in [6.07, 6.45) is 1.88. The molecule has 8 nitrogen and oxygen atoms in total. The molecule has 2 aromatic heterocycles. The van der Waals surface area contributed by atoms with E-state index in [4.69, 9.17) is 8.83 Å². The van der Waals surface area contributed by atoms with Crippen molar-refractivity contribution in [3.63, 3.8) is 0 Å². The van der Waals surface area contributed by atoms with E-state index in [-0.39, 0.29) is 56.5 Å². The minimum absolute atomic E-state index is 0.0623. The number of aldehydes is 6. The Morgan fingerprint density at radius 3 is 1.08 bits per heavy atom. The van der Waals surface area contributed by atoms with Gasteiger partial charge in [-0.15, -0.1) is 0 Å². The third kappa shape index (κ3) is 3.01. The lowest BCUT2D eigenvalue weighted by Crippen LogP contribution is -1.90. The molecule has 0 amide bonds. The van der Waals surface area contributed by atoms with Gasteiger partial charge < -0.3 is 8.83 Å². The summed E-state index contributed by atoms with van der Waals surface area (Å²) < 4.78 is 10.2. The molecule has 0 spiro atoms. The average molecular weight is 366 g/mol. The summed E-state index contributed by atoms with van der Waals surface area (Å²) in [5.41, 5.74) is -0.648. The van der Waals surface area contributed by atoms with E-state index < -0.39 is 0 Å². The van der Waals surface area contributed by atoms with Gasteiger partial charge in [0.25, 0.3) is 0 Å². The van der Waals surface area contributed by atoms with Gasteiger partial charge in [0.2, 0.25) is 0 Å². The van der Waals surface area contributed by atoms with Gasteiger partial charge in [0.1, 0.15) is 0 Å². The third-order valence-corrected chi connectivity index (χ3v) is 4.99. The highest BCUT2D eigenvalue weighted by atomic mass is 33.1. The molecule has 2 heterocycles. The lowest BCUT2D eigenvalue weighted by molar-refractivity contribution is 0.107. The molecule has 10 heteroatoms. The average Bonchev–Trinajstić information content (AvgIpc) is 3.15. The molecule has 2 rings (SSSR count). The fourth-order valence-corrected chi connectivity index (χ4v) is 3.84. The van der Waals surface area contributed by atoms with Gasteiger partial charge >= 0.3 is 0 Å². The molecule has 2 aromatic rings. The molecule has 0 saturated heterocycles. The van der Waals surface area contributed by atoms with Crippen molar-refractivity contribution in [2.24, 2.45) is 0 Å². The van der Waals surface area contributed by atoms with Crippen molar-refractivity contribution in [2.75, 3.05) is 0 Å². The zero-order chi connectivity index (χ0) is 17.7. The first-order valence-electron chi connectivity index (χ1n) is 6.04. The zero-order valence-electron chi connectivity index (χ0n) is 11.5. The summed E-state index contributed by atoms with van der Waals surface area (Å²) in [7, 11) is 1.56. The molecule has 0 atom stereocenters. The Labute approximate surface area is 141 Å². The van der Waals surface area contributed by atoms with Gasteiger partial charge in [0, 0.05) is 0 Å². The van der Waals surface area contributed by atoms with Crippen LogP contribution in [-0.2, 0) is 0 Å². The Kier molecular flexibility index (Phi) is 5.66. The van der Waals surface area contributed by atoms with E-state index >= 15 is 0 Å². The Morgan fingerprint density at radius 2 is 0.833 bits per heavy atom. The van der Waals surface area contributed by atoms with E-state index in [1.165, 1.54) is 0 Å². The first-order valence-corrected chi connectivity index (χ1v) is 8.19. The Hall–Kier alpha value is -2.72. The maximum atomic E-state index is 11.1. The quantitative estimate of drug-likeness (QED) is 0.482. The highest BCUT2D eigenvalue weighted by Gasteiger charge is 2.24. The van der Waals surface area contributed by atoms with Crippen LogP contribution in [0.5, 0.6) is 0 Å². The lowest BCUT2D eigenvalue weighted by Gasteiger charge is -1.96. The van der Waals surface area contributed by atoms with Crippen LogP contribution in [0.15, 0.2) is 19.0 Å². The normalized spacial score (nSPS) is 10.2. The Balaban J connectivity index is 2.38. The van der Waals surface area contributed by atoms with Crippen LogP contribution in [0.1, 0.15) is 62.5 Å². The maximum Gasteiger partial charge on any atom is 0.186 e. The highest BCUT2D eigenvalue weighted by Crippen LogP contribution is 2.43. The van der Waals surface area contributed by atoms with E-state index in [0.29, 0.717) is 25.1 Å². The van der Waals surface area contributed by atoms with Gasteiger partial charge in [0.15, 0.2) is 59.4 Å². The topological polar surface area (TPSA) is 129 Å². The van der Waals surface area contributed by atoms with E-state index in [1.807, 2.05) is 0 Å². The second-order valence-electron chi connectivity index (χ2n) is 4.04. The van der Waals surface area contributed by atoms with Crippen LogP contribution in [0.25, 0.3) is 0 Å². The highest BCUT2D eigenvalue weighted by molar-refractivity contribution is 8.76. The van der Waals surface area contributed by atoms with Crippen molar-refractivity contribution in [2.45, 2.75) is 10.2 Å². The monoisotopic (exact) mass is 366 g/mol. The Bertz CT molecular complexity index is 775. The van der Waals surface area contributed by atoms with Crippen molar-refractivity contribution < 1.29 is 37.6 Å². The van der Waals surface area contributed by atoms with E-state index in [2.05, 4.69) is 0 Å². The zero-order valence-corrected chi connectivity index (χ0v) is 13.2. The summed E-state index contributed by atoms with van der Waals surface area (Å²) in [5.74, 6) is -0.625. The van der Waals surface area contributed by atoms with Gasteiger partial charge in [-0.05, 0) is 21.6 Å². The second kappa shape index (κ2) is 7.70. The molecule has 0 aliphatic heterocycles. The molecular formula is C14H6O8S2. The Morgan fingerprint density at radius 1 is 0.500 bits per heavy atom. The smallest absolute Gasteiger partial charge is 0.186 e. The fourth-order valence-electron chi connectivity index (χ4n) is 1.75. The number of carbonyl (C=O) groups excluding carboxylic acids is 6. The number of carbonyl (C=O) groups is 6. The summed E-state index contributed by atoms with van der Waals surface area (Å²) >= 11 is 0. The number of hydrogen-bond donors (Lipinski definition) is 0. The van der Waals surface area contributed by atoms with Crippen molar-refractivity contribution >= 4 is 59.3 Å². The molecule has 0 fully saturated rings. The predicted octanol–water partition coefficient (Wildman–Crippen LogP) is 2.55. The van der Waals surface area contributed by atoms with Gasteiger partial charge in [-0.3, -0.25) is 28.8 Å². The maximum absolute atomic E-state index is 11.1. The summed E-state index contributed by atoms with van der Waals surface area (Å²) in [6.45, 7) is 0. The molecule has 0 aliphatic carbocycles. The van der Waals surface area contributed by atoms with Crippen molar-refractivity contribution in [3.8, 4) is 0 Å². The van der Waals surface area contributed by atoms with Crippen LogP contribution < -0.4 is 0 Å². The molecule has 0 aliphatic rings. The van der Waals surface area contributed by atoms with E-state index in [0.717, 1.165) is 21.6 Å². The molecule has 0 radical (unpaired) electrons. The third-order valence-electron chi connectivity index (χ3n) is 2.83. The molecule has 0 unspecified atom stereocenters. The van der Waals surface area contributed by atoms with Gasteiger partial charge in [-0.2, -0.15) is 0 Å².